The molecule has 0 aromatic rings. The number of unbranched alkanes of at least 4 members (excludes halogenated alkanes) is 4. The van der Waals surface area contributed by atoms with Crippen molar-refractivity contribution in [2.75, 3.05) is 6.61 Å². The van der Waals surface area contributed by atoms with E-state index in [1.165, 1.54) is 38.5 Å². The van der Waals surface area contributed by atoms with Crippen molar-refractivity contribution < 1.29 is 19.2 Å². The molecule has 2 rings (SSSR count). The lowest BCUT2D eigenvalue weighted by Gasteiger charge is -2.27. The number of aliphatic hydroxyl groups is 1. The summed E-state index contributed by atoms with van der Waals surface area (Å²) < 4.78 is 12.1. The molecule has 2 unspecified atom stereocenters. The van der Waals surface area contributed by atoms with E-state index in [0.717, 1.165) is 44.9 Å². The zero-order chi connectivity index (χ0) is 21.6. The maximum Gasteiger partial charge on any atom is 0.306 e. The van der Waals surface area contributed by atoms with E-state index in [0.29, 0.717) is 30.6 Å². The number of esters is 1. The van der Waals surface area contributed by atoms with Gasteiger partial charge in [-0.25, -0.2) is 0 Å². The second-order valence-electron chi connectivity index (χ2n) is 9.08. The van der Waals surface area contributed by atoms with Crippen molar-refractivity contribution in [3.63, 3.8) is 0 Å². The van der Waals surface area contributed by atoms with Crippen LogP contribution in [0.3, 0.4) is 0 Å². The molecule has 6 atom stereocenters. The molecule has 0 spiro atoms. The first kappa shape index (κ1) is 26.5. The van der Waals surface area contributed by atoms with Gasteiger partial charge in [-0.1, -0.05) is 57.6 Å². The van der Waals surface area contributed by atoms with E-state index < -0.39 is 0 Å². The van der Waals surface area contributed by atoms with Crippen molar-refractivity contribution in [1.29, 1.82) is 0 Å². The van der Waals surface area contributed by atoms with Crippen molar-refractivity contribution in [1.82, 2.24) is 0 Å². The molecule has 0 aromatic carbocycles. The first-order valence-corrected chi connectivity index (χ1v) is 16.2. The predicted molar refractivity (Wildman–Crippen MR) is 134 cm³/mol. The Labute approximate surface area is 198 Å². The van der Waals surface area contributed by atoms with Gasteiger partial charge in [0.1, 0.15) is 6.10 Å². The van der Waals surface area contributed by atoms with Gasteiger partial charge in [0.25, 0.3) is 0 Å². The molecule has 0 radical (unpaired) electrons. The molecule has 1 saturated carbocycles. The summed E-state index contributed by atoms with van der Waals surface area (Å²) >= 11 is 2.31. The molecule has 0 amide bonds. The number of carbonyl (C=O) groups excluding carboxylic acids is 1. The molecular formula is C24H42IO4P. The summed E-state index contributed by atoms with van der Waals surface area (Å²) in [6.07, 6.45) is 19.8. The number of hydrogen-bond acceptors (Lipinski definition) is 4. The van der Waals surface area contributed by atoms with Crippen LogP contribution in [0.5, 0.6) is 0 Å². The number of hydrogen-bond donors (Lipinski definition) is 1. The highest BCUT2D eigenvalue weighted by Gasteiger charge is 2.45. The van der Waals surface area contributed by atoms with Gasteiger partial charge in [0.15, 0.2) is 0 Å². The Morgan fingerprint density at radius 2 is 2.07 bits per heavy atom. The predicted octanol–water partition coefficient (Wildman–Crippen LogP) is 7.13. The van der Waals surface area contributed by atoms with Gasteiger partial charge in [0.05, 0.1) is 12.6 Å². The molecule has 2 aliphatic rings. The lowest BCUT2D eigenvalue weighted by atomic mass is 9.82. The third-order valence-corrected chi connectivity index (χ3v) is 8.09. The van der Waals surface area contributed by atoms with E-state index in [1.54, 1.807) is 0 Å². The number of halogens is 1. The summed E-state index contributed by atoms with van der Waals surface area (Å²) in [5.41, 5.74) is 0. The first-order chi connectivity index (χ1) is 14.7. The van der Waals surface area contributed by atoms with Crippen molar-refractivity contribution in [2.45, 2.75) is 109 Å². The molecule has 1 N–H and O–H groups in total. The van der Waals surface area contributed by atoms with Gasteiger partial charge in [-0.2, -0.15) is 0 Å². The van der Waals surface area contributed by atoms with Crippen molar-refractivity contribution >= 4 is 34.5 Å². The average Bonchev–Trinajstić information content (AvgIpc) is 3.04. The first-order valence-electron chi connectivity index (χ1n) is 12.2. The Balaban J connectivity index is 1.97. The normalized spacial score (nSPS) is 29.6. The number of ether oxygens (including phenoxy) is 1. The fraction of sp³-hybridized carbons (Fsp3) is 0.875. The molecule has 1 aliphatic heterocycles. The summed E-state index contributed by atoms with van der Waals surface area (Å²) in [5, 5.41) is 9.56. The summed E-state index contributed by atoms with van der Waals surface area (Å²) in [7, 11) is 0. The number of rotatable bonds is 13. The Morgan fingerprint density at radius 1 is 1.23 bits per heavy atom. The molecular weight excluding hydrogens is 510 g/mol. The quantitative estimate of drug-likeness (QED) is 0.0869. The molecule has 30 heavy (non-hydrogen) atoms. The fourth-order valence-corrected chi connectivity index (χ4v) is 6.59. The summed E-state index contributed by atoms with van der Waals surface area (Å²) in [4.78, 5) is 12.2. The van der Waals surface area contributed by atoms with Crippen LogP contribution in [0.1, 0.15) is 96.8 Å². The van der Waals surface area contributed by atoms with Crippen LogP contribution in [-0.2, 0) is 14.1 Å². The Hall–Kier alpha value is 0.290. The van der Waals surface area contributed by atoms with Crippen molar-refractivity contribution in [3.05, 3.63) is 12.2 Å². The van der Waals surface area contributed by atoms with E-state index in [-0.39, 0.29) is 24.8 Å². The van der Waals surface area contributed by atoms with Crippen LogP contribution < -0.4 is 0 Å². The molecule has 1 fully saturated rings. The summed E-state index contributed by atoms with van der Waals surface area (Å²) in [6.45, 7) is 2.98. The number of fused-ring (bicyclic) bond motifs is 1. The standard InChI is InChI=1S/C24H42IO4P/c1-2-3-4-5-8-11-19(16-17-26)14-15-21-20-12-9-6-7-10-13-24(27)28-22(20)18-23(21)29-30-25/h6,9,19-23,26,30H,2-5,7-8,10-18H2,1H3/b9-6-/t19?,20-,21-,22+,23-/m1/s1. The molecule has 1 aliphatic carbocycles. The van der Waals surface area contributed by atoms with Crippen LogP contribution in [0, 0.1) is 17.8 Å². The molecule has 0 bridgehead atoms. The van der Waals surface area contributed by atoms with Gasteiger partial charge >= 0.3 is 5.97 Å². The summed E-state index contributed by atoms with van der Waals surface area (Å²) in [5.74, 6) is 1.36. The SMILES string of the molecule is CCCCCCCC(CCO)CC[C@@H]1[C@H]2C/C=C\CCCC(=O)O[C@H]2C[C@H]1OPI. The van der Waals surface area contributed by atoms with E-state index in [4.69, 9.17) is 9.26 Å². The van der Waals surface area contributed by atoms with Crippen LogP contribution in [0.2, 0.25) is 0 Å². The van der Waals surface area contributed by atoms with E-state index >= 15 is 0 Å². The smallest absolute Gasteiger partial charge is 0.306 e. The van der Waals surface area contributed by atoms with Crippen LogP contribution in [0.4, 0.5) is 0 Å². The monoisotopic (exact) mass is 552 g/mol. The molecule has 0 aromatic heterocycles. The minimum atomic E-state index is -0.0399. The second kappa shape index (κ2) is 16.0. The Morgan fingerprint density at radius 3 is 2.83 bits per heavy atom. The largest absolute Gasteiger partial charge is 0.462 e. The van der Waals surface area contributed by atoms with E-state index in [9.17, 15) is 9.90 Å². The van der Waals surface area contributed by atoms with E-state index in [1.807, 2.05) is 0 Å². The van der Waals surface area contributed by atoms with Crippen LogP contribution in [0.15, 0.2) is 12.2 Å². The van der Waals surface area contributed by atoms with Gasteiger partial charge in [-0.3, -0.25) is 4.79 Å². The van der Waals surface area contributed by atoms with Gasteiger partial charge in [0, 0.05) is 25.4 Å². The summed E-state index contributed by atoms with van der Waals surface area (Å²) in [6, 6.07) is 0. The maximum atomic E-state index is 12.2. The van der Waals surface area contributed by atoms with Gasteiger partial charge in [-0.15, -0.1) is 0 Å². The molecule has 174 valence electrons. The minimum Gasteiger partial charge on any atom is -0.462 e. The van der Waals surface area contributed by atoms with Crippen molar-refractivity contribution in [2.24, 2.45) is 17.8 Å². The number of aliphatic hydroxyl groups excluding tert-OH is 1. The number of carbonyl (C=O) groups is 1. The van der Waals surface area contributed by atoms with Crippen LogP contribution in [-0.4, -0.2) is 29.9 Å². The van der Waals surface area contributed by atoms with Crippen LogP contribution >= 0.6 is 28.5 Å². The average molecular weight is 552 g/mol. The minimum absolute atomic E-state index is 0.00617. The zero-order valence-electron chi connectivity index (χ0n) is 18.7. The highest BCUT2D eigenvalue weighted by atomic mass is 127. The number of allylic oxidation sites excluding steroid dienone is 2. The Bertz CT molecular complexity index is 502. The van der Waals surface area contributed by atoms with Crippen LogP contribution in [0.25, 0.3) is 0 Å². The topological polar surface area (TPSA) is 55.8 Å². The lowest BCUT2D eigenvalue weighted by Crippen LogP contribution is -2.26. The molecule has 1 heterocycles. The fourth-order valence-electron chi connectivity index (χ4n) is 5.23. The molecule has 4 nitrogen and oxygen atoms in total. The maximum absolute atomic E-state index is 12.2. The lowest BCUT2D eigenvalue weighted by molar-refractivity contribution is -0.151. The third kappa shape index (κ3) is 9.42. The highest BCUT2D eigenvalue weighted by Crippen LogP contribution is 2.45. The van der Waals surface area contributed by atoms with Crippen molar-refractivity contribution in [3.8, 4) is 0 Å². The van der Waals surface area contributed by atoms with Gasteiger partial charge < -0.3 is 14.4 Å². The molecule has 0 saturated heterocycles. The third-order valence-electron chi connectivity index (χ3n) is 6.94. The second-order valence-corrected chi connectivity index (χ2v) is 10.8. The Kier molecular flexibility index (Phi) is 14.1. The van der Waals surface area contributed by atoms with E-state index in [2.05, 4.69) is 41.1 Å². The molecule has 6 heteroatoms. The zero-order valence-corrected chi connectivity index (χ0v) is 21.9. The highest BCUT2D eigenvalue weighted by molar-refractivity contribution is 14.2. The van der Waals surface area contributed by atoms with Gasteiger partial charge in [-0.05, 0) is 72.4 Å². The van der Waals surface area contributed by atoms with Gasteiger partial charge in [0.2, 0.25) is 0 Å².